The summed E-state index contributed by atoms with van der Waals surface area (Å²) < 4.78 is 5.48. The molecule has 132 valence electrons. The van der Waals surface area contributed by atoms with Crippen LogP contribution in [-0.4, -0.2) is 11.1 Å². The van der Waals surface area contributed by atoms with Crippen LogP contribution in [0.25, 0.3) is 11.3 Å². The van der Waals surface area contributed by atoms with Crippen LogP contribution in [0, 0.1) is 0 Å². The van der Waals surface area contributed by atoms with Crippen molar-refractivity contribution >= 4 is 17.7 Å². The Morgan fingerprint density at radius 1 is 1.08 bits per heavy atom. The van der Waals surface area contributed by atoms with Crippen LogP contribution in [0.1, 0.15) is 24.0 Å². The Kier molecular flexibility index (Phi) is 5.58. The Labute approximate surface area is 155 Å². The molecule has 0 fully saturated rings. The Hall–Kier alpha value is -2.79. The van der Waals surface area contributed by atoms with Crippen molar-refractivity contribution in [2.75, 3.05) is 0 Å². The predicted octanol–water partition coefficient (Wildman–Crippen LogP) is 4.79. The molecule has 0 saturated carbocycles. The van der Waals surface area contributed by atoms with E-state index in [0.717, 1.165) is 11.1 Å². The molecule has 0 aliphatic rings. The molecule has 26 heavy (non-hydrogen) atoms. The van der Waals surface area contributed by atoms with Gasteiger partial charge < -0.3 is 9.52 Å². The van der Waals surface area contributed by atoms with Gasteiger partial charge in [-0.1, -0.05) is 60.7 Å². The van der Waals surface area contributed by atoms with Crippen LogP contribution in [0.5, 0.6) is 0 Å². The van der Waals surface area contributed by atoms with E-state index in [1.54, 1.807) is 13.0 Å². The van der Waals surface area contributed by atoms with Crippen molar-refractivity contribution in [3.63, 3.8) is 0 Å². The molecule has 1 atom stereocenters. The van der Waals surface area contributed by atoms with E-state index in [-0.39, 0.29) is 0 Å². The van der Waals surface area contributed by atoms with Crippen LogP contribution in [0.2, 0.25) is 0 Å². The van der Waals surface area contributed by atoms with E-state index in [1.807, 2.05) is 60.7 Å². The number of hydrogen-bond donors (Lipinski definition) is 1. The molecule has 0 aliphatic carbocycles. The van der Waals surface area contributed by atoms with E-state index in [1.165, 1.54) is 11.8 Å². The van der Waals surface area contributed by atoms with Crippen LogP contribution < -0.4 is 5.63 Å². The van der Waals surface area contributed by atoms with Gasteiger partial charge in [0.2, 0.25) is 0 Å². The highest BCUT2D eigenvalue weighted by atomic mass is 32.2. The third kappa shape index (κ3) is 4.06. The molecule has 1 heterocycles. The summed E-state index contributed by atoms with van der Waals surface area (Å²) in [6.07, 6.45) is 0. The number of aliphatic carboxylic acids is 1. The van der Waals surface area contributed by atoms with Gasteiger partial charge in [-0.2, -0.15) is 0 Å². The molecule has 0 amide bonds. The number of thioether (sulfide) groups is 1. The zero-order chi connectivity index (χ0) is 18.5. The summed E-state index contributed by atoms with van der Waals surface area (Å²) in [5.41, 5.74) is 1.77. The number of carbonyl (C=O) groups is 1. The number of carboxylic acid groups (broad SMARTS) is 1. The molecule has 1 aromatic heterocycles. The molecule has 0 saturated heterocycles. The summed E-state index contributed by atoms with van der Waals surface area (Å²) in [5, 5.41) is 9.46. The first-order valence-electron chi connectivity index (χ1n) is 8.19. The fraction of sp³-hybridized carbons (Fsp3) is 0.143. The van der Waals surface area contributed by atoms with Crippen molar-refractivity contribution in [3.05, 3.63) is 88.3 Å². The molecule has 0 radical (unpaired) electrons. The summed E-state index contributed by atoms with van der Waals surface area (Å²) >= 11 is 1.31. The van der Waals surface area contributed by atoms with Crippen LogP contribution >= 0.6 is 11.8 Å². The molecular weight excluding hydrogens is 348 g/mol. The van der Waals surface area contributed by atoms with E-state index in [9.17, 15) is 14.7 Å². The summed E-state index contributed by atoms with van der Waals surface area (Å²) in [4.78, 5) is 24.5. The molecule has 4 nitrogen and oxygen atoms in total. The van der Waals surface area contributed by atoms with Gasteiger partial charge in [0.1, 0.15) is 5.76 Å². The van der Waals surface area contributed by atoms with Crippen molar-refractivity contribution < 1.29 is 14.3 Å². The van der Waals surface area contributed by atoms with Crippen LogP contribution in [0.4, 0.5) is 0 Å². The monoisotopic (exact) mass is 366 g/mol. The first-order valence-corrected chi connectivity index (χ1v) is 9.18. The Balaban J connectivity index is 2.02. The lowest BCUT2D eigenvalue weighted by atomic mass is 10.0. The van der Waals surface area contributed by atoms with E-state index < -0.39 is 17.5 Å². The van der Waals surface area contributed by atoms with Crippen molar-refractivity contribution in [1.82, 2.24) is 0 Å². The van der Waals surface area contributed by atoms with E-state index >= 15 is 0 Å². The first-order chi connectivity index (χ1) is 12.6. The Bertz CT molecular complexity index is 949. The maximum Gasteiger partial charge on any atom is 0.350 e. The Morgan fingerprint density at radius 2 is 1.69 bits per heavy atom. The second-order valence-electron chi connectivity index (χ2n) is 5.88. The summed E-state index contributed by atoms with van der Waals surface area (Å²) in [7, 11) is 0. The molecule has 3 aromatic rings. The second kappa shape index (κ2) is 8.06. The third-order valence-electron chi connectivity index (χ3n) is 4.06. The zero-order valence-electron chi connectivity index (χ0n) is 14.2. The fourth-order valence-electron chi connectivity index (χ4n) is 2.57. The molecular formula is C21H18O4S. The highest BCUT2D eigenvalue weighted by Crippen LogP contribution is 2.32. The number of hydrogen-bond acceptors (Lipinski definition) is 4. The Morgan fingerprint density at radius 3 is 2.31 bits per heavy atom. The van der Waals surface area contributed by atoms with Gasteiger partial charge in [-0.3, -0.25) is 4.79 Å². The van der Waals surface area contributed by atoms with Gasteiger partial charge in [-0.05, 0) is 24.1 Å². The third-order valence-corrected chi connectivity index (χ3v) is 5.23. The van der Waals surface area contributed by atoms with Crippen molar-refractivity contribution in [2.45, 2.75) is 23.5 Å². The first kappa shape index (κ1) is 18.0. The van der Waals surface area contributed by atoms with E-state index in [4.69, 9.17) is 4.42 Å². The molecule has 5 heteroatoms. The molecule has 3 rings (SSSR count). The average molecular weight is 366 g/mol. The molecule has 2 aromatic carbocycles. The van der Waals surface area contributed by atoms with Crippen LogP contribution in [-0.2, 0) is 10.5 Å². The summed E-state index contributed by atoms with van der Waals surface area (Å²) in [6, 6.07) is 20.6. The van der Waals surface area contributed by atoms with Gasteiger partial charge in [-0.25, -0.2) is 4.79 Å². The average Bonchev–Trinajstić information content (AvgIpc) is 2.67. The van der Waals surface area contributed by atoms with Crippen molar-refractivity contribution in [1.29, 1.82) is 0 Å². The fourth-order valence-corrected chi connectivity index (χ4v) is 3.64. The minimum absolute atomic E-state index is 0.350. The highest BCUT2D eigenvalue weighted by Gasteiger charge is 2.23. The highest BCUT2D eigenvalue weighted by molar-refractivity contribution is 7.98. The molecule has 0 aliphatic heterocycles. The number of rotatable bonds is 6. The predicted molar refractivity (Wildman–Crippen MR) is 102 cm³/mol. The molecule has 0 bridgehead atoms. The second-order valence-corrected chi connectivity index (χ2v) is 6.87. The minimum atomic E-state index is -0.976. The van der Waals surface area contributed by atoms with Gasteiger partial charge in [0.15, 0.2) is 0 Å². The van der Waals surface area contributed by atoms with E-state index in [2.05, 4.69) is 0 Å². The SMILES string of the molecule is CC(C(=O)O)c1cc(-c2ccccc2)oc(=O)c1SCc1ccccc1. The van der Waals surface area contributed by atoms with E-state index in [0.29, 0.717) is 22.0 Å². The quantitative estimate of drug-likeness (QED) is 0.636. The van der Waals surface area contributed by atoms with Gasteiger partial charge in [-0.15, -0.1) is 11.8 Å². The molecule has 1 unspecified atom stereocenters. The lowest BCUT2D eigenvalue weighted by Gasteiger charge is -2.13. The summed E-state index contributed by atoms with van der Waals surface area (Å²) in [5.74, 6) is -0.839. The van der Waals surface area contributed by atoms with Crippen LogP contribution in [0.15, 0.2) is 80.8 Å². The lowest BCUT2D eigenvalue weighted by Crippen LogP contribution is -2.14. The van der Waals surface area contributed by atoms with Gasteiger partial charge in [0.25, 0.3) is 0 Å². The smallest absolute Gasteiger partial charge is 0.350 e. The topological polar surface area (TPSA) is 67.5 Å². The summed E-state index contributed by atoms with van der Waals surface area (Å²) in [6.45, 7) is 1.58. The number of benzene rings is 2. The maximum atomic E-state index is 12.6. The van der Waals surface area contributed by atoms with Crippen LogP contribution in [0.3, 0.4) is 0 Å². The maximum absolute atomic E-state index is 12.6. The lowest BCUT2D eigenvalue weighted by molar-refractivity contribution is -0.138. The van der Waals surface area contributed by atoms with Gasteiger partial charge in [0.05, 0.1) is 10.8 Å². The molecule has 1 N–H and O–H groups in total. The van der Waals surface area contributed by atoms with Crippen molar-refractivity contribution in [3.8, 4) is 11.3 Å². The largest absolute Gasteiger partial charge is 0.481 e. The zero-order valence-corrected chi connectivity index (χ0v) is 15.0. The molecule has 0 spiro atoms. The number of carboxylic acids is 1. The van der Waals surface area contributed by atoms with Gasteiger partial charge >= 0.3 is 11.6 Å². The van der Waals surface area contributed by atoms with Gasteiger partial charge in [0, 0.05) is 11.3 Å². The normalized spacial score (nSPS) is 11.9. The standard InChI is InChI=1S/C21H18O4S/c1-14(20(22)23)17-12-18(16-10-6-3-7-11-16)25-21(24)19(17)26-13-15-8-4-2-5-9-15/h2-12,14H,13H2,1H3,(H,22,23). The van der Waals surface area contributed by atoms with Crippen molar-refractivity contribution in [2.24, 2.45) is 0 Å². The minimum Gasteiger partial charge on any atom is -0.481 e.